The maximum atomic E-state index is 11.4. The minimum absolute atomic E-state index is 0.190. The molecule has 0 saturated carbocycles. The number of carbonyl (C=O) groups excluding carboxylic acids is 1. The molecule has 0 atom stereocenters. The monoisotopic (exact) mass is 276 g/mol. The molecule has 0 aromatic heterocycles. The summed E-state index contributed by atoms with van der Waals surface area (Å²) in [6.45, 7) is 5.43. The van der Waals surface area contributed by atoms with Crippen LogP contribution >= 0.6 is 0 Å². The van der Waals surface area contributed by atoms with E-state index in [9.17, 15) is 9.70 Å². The van der Waals surface area contributed by atoms with Crippen molar-refractivity contribution in [3.8, 4) is 0 Å². The summed E-state index contributed by atoms with van der Waals surface area (Å²) < 4.78 is 9.57. The van der Waals surface area contributed by atoms with Gasteiger partial charge in [-0.25, -0.2) is 9.63 Å². The minimum atomic E-state index is -0.689. The van der Waals surface area contributed by atoms with Gasteiger partial charge in [0.2, 0.25) is 0 Å². The quantitative estimate of drug-likeness (QED) is 0.308. The van der Waals surface area contributed by atoms with Gasteiger partial charge in [0.15, 0.2) is 0 Å². The number of carbonyl (C=O) groups is 1. The van der Waals surface area contributed by atoms with E-state index in [1.807, 2.05) is 0 Å². The van der Waals surface area contributed by atoms with E-state index in [1.165, 1.54) is 0 Å². The molecular weight excluding hydrogens is 254 g/mol. The highest BCUT2D eigenvalue weighted by molar-refractivity contribution is 5.59. The first-order valence-electron chi connectivity index (χ1n) is 6.52. The molecule has 0 radical (unpaired) electrons. The highest BCUT2D eigenvalue weighted by Gasteiger charge is 2.24. The van der Waals surface area contributed by atoms with Crippen molar-refractivity contribution >= 4 is 6.16 Å². The second-order valence-corrected chi connectivity index (χ2v) is 4.49. The minimum Gasteiger partial charge on any atom is -0.434 e. The van der Waals surface area contributed by atoms with Gasteiger partial charge in [0.05, 0.1) is 37.3 Å². The van der Waals surface area contributed by atoms with E-state index in [1.54, 1.807) is 18.9 Å². The number of hydrazine groups is 2. The van der Waals surface area contributed by atoms with Gasteiger partial charge in [0, 0.05) is 12.0 Å². The fourth-order valence-electron chi connectivity index (χ4n) is 1.55. The van der Waals surface area contributed by atoms with Crippen LogP contribution in [0.3, 0.4) is 0 Å². The molecule has 19 heavy (non-hydrogen) atoms. The van der Waals surface area contributed by atoms with E-state index in [0.29, 0.717) is 11.4 Å². The molecule has 1 rings (SSSR count). The van der Waals surface area contributed by atoms with Crippen LogP contribution in [0.2, 0.25) is 0 Å². The second-order valence-electron chi connectivity index (χ2n) is 4.49. The third-order valence-corrected chi connectivity index (χ3v) is 2.42. The van der Waals surface area contributed by atoms with Crippen LogP contribution in [0.25, 0.3) is 0 Å². The average molecular weight is 276 g/mol. The van der Waals surface area contributed by atoms with Gasteiger partial charge in [0.25, 0.3) is 4.98 Å². The first-order valence-corrected chi connectivity index (χ1v) is 6.52. The molecule has 1 N–H and O–H groups in total. The van der Waals surface area contributed by atoms with Crippen LogP contribution in [-0.4, -0.2) is 48.5 Å². The van der Waals surface area contributed by atoms with E-state index in [4.69, 9.17) is 14.3 Å². The average Bonchev–Trinajstić information content (AvgIpc) is 2.86. The number of nitrogens with zero attached hydrogens (tertiary/aromatic N) is 2. The second kappa shape index (κ2) is 8.52. The lowest BCUT2D eigenvalue weighted by Crippen LogP contribution is -2.40. The zero-order chi connectivity index (χ0) is 14.1. The van der Waals surface area contributed by atoms with Crippen LogP contribution in [0.5, 0.6) is 0 Å². The van der Waals surface area contributed by atoms with Crippen molar-refractivity contribution in [2.24, 2.45) is 0 Å². The van der Waals surface area contributed by atoms with Crippen LogP contribution in [-0.2, 0) is 14.3 Å². The molecule has 0 aliphatic carbocycles. The van der Waals surface area contributed by atoms with Crippen molar-refractivity contribution < 1.29 is 24.1 Å². The summed E-state index contributed by atoms with van der Waals surface area (Å²) >= 11 is 0. The van der Waals surface area contributed by atoms with E-state index >= 15 is 0 Å². The highest BCUT2D eigenvalue weighted by atomic mass is 16.7. The molecule has 1 heterocycles. The maximum Gasteiger partial charge on any atom is 0.508 e. The third kappa shape index (κ3) is 6.80. The van der Waals surface area contributed by atoms with Gasteiger partial charge in [-0.1, -0.05) is 0 Å². The molecule has 0 aromatic carbocycles. The summed E-state index contributed by atoms with van der Waals surface area (Å²) in [5.41, 5.74) is 2.28. The Balaban J connectivity index is 1.93. The van der Waals surface area contributed by atoms with Gasteiger partial charge in [-0.2, -0.15) is 0 Å². The van der Waals surface area contributed by atoms with Crippen LogP contribution < -0.4 is 5.59 Å². The van der Waals surface area contributed by atoms with Gasteiger partial charge >= 0.3 is 6.16 Å². The standard InChI is InChI=1S/C11H22N3O5/c1-10(2)19-11(15)17-8-5-9-18-12-14(16)13-6-3-4-7-13/h10H,3-9H2,1-2H3,(H,12,16)/q+1. The van der Waals surface area contributed by atoms with E-state index in [2.05, 4.69) is 5.59 Å². The molecule has 0 aromatic rings. The van der Waals surface area contributed by atoms with Gasteiger partial charge in [-0.05, 0) is 26.7 Å². The summed E-state index contributed by atoms with van der Waals surface area (Å²) in [6.07, 6.45) is 1.64. The van der Waals surface area contributed by atoms with E-state index < -0.39 is 6.16 Å². The smallest absolute Gasteiger partial charge is 0.434 e. The molecule has 1 fully saturated rings. The van der Waals surface area contributed by atoms with Crippen molar-refractivity contribution in [1.29, 1.82) is 0 Å². The first-order chi connectivity index (χ1) is 9.09. The SMILES string of the molecule is CC(C)OC(=O)OCCCON[N+](=O)N1CCCC1. The molecule has 0 unspecified atom stereocenters. The largest absolute Gasteiger partial charge is 0.508 e. The maximum absolute atomic E-state index is 11.4. The number of hydrogen-bond donors (Lipinski definition) is 1. The molecule has 1 aliphatic heterocycles. The Morgan fingerprint density at radius 3 is 2.63 bits per heavy atom. The molecule has 1 saturated heterocycles. The molecule has 0 bridgehead atoms. The fourth-order valence-corrected chi connectivity index (χ4v) is 1.55. The van der Waals surface area contributed by atoms with Crippen LogP contribution in [0.15, 0.2) is 0 Å². The Morgan fingerprint density at radius 1 is 1.32 bits per heavy atom. The molecule has 1 aliphatic rings. The van der Waals surface area contributed by atoms with Gasteiger partial charge in [0.1, 0.15) is 0 Å². The number of rotatable bonds is 8. The molecule has 8 heteroatoms. The Labute approximate surface area is 112 Å². The van der Waals surface area contributed by atoms with E-state index in [-0.39, 0.29) is 19.3 Å². The molecule has 0 spiro atoms. The lowest BCUT2D eigenvalue weighted by molar-refractivity contribution is -0.786. The number of nitroso groups, excluding NO2 is 1. The predicted octanol–water partition coefficient (Wildman–Crippen LogP) is 1.16. The Hall–Kier alpha value is -1.57. The number of hydrogen-bond acceptors (Lipinski definition) is 5. The van der Waals surface area contributed by atoms with Gasteiger partial charge in [-0.15, -0.1) is 5.01 Å². The third-order valence-electron chi connectivity index (χ3n) is 2.42. The number of nitrogens with one attached hydrogen (secondary N) is 1. The zero-order valence-corrected chi connectivity index (χ0v) is 11.5. The Bertz CT molecular complexity index is 292. The van der Waals surface area contributed by atoms with Crippen LogP contribution in [0, 0.1) is 4.91 Å². The van der Waals surface area contributed by atoms with Crippen molar-refractivity contribution in [1.82, 2.24) is 10.6 Å². The summed E-state index contributed by atoms with van der Waals surface area (Å²) in [4.78, 5) is 28.0. The summed E-state index contributed by atoms with van der Waals surface area (Å²) in [6, 6.07) is 0. The number of ether oxygens (including phenoxy) is 2. The lowest BCUT2D eigenvalue weighted by atomic mass is 10.4. The Kier molecular flexibility index (Phi) is 6.94. The van der Waals surface area contributed by atoms with Gasteiger partial charge < -0.3 is 9.47 Å². The fraction of sp³-hybridized carbons (Fsp3) is 0.909. The molecule has 0 amide bonds. The van der Waals surface area contributed by atoms with Crippen molar-refractivity contribution in [2.45, 2.75) is 39.2 Å². The topological polar surface area (TPSA) is 80.1 Å². The van der Waals surface area contributed by atoms with Crippen LogP contribution in [0.1, 0.15) is 33.1 Å². The van der Waals surface area contributed by atoms with Crippen molar-refractivity contribution in [3.63, 3.8) is 0 Å². The predicted molar refractivity (Wildman–Crippen MR) is 65.7 cm³/mol. The lowest BCUT2D eigenvalue weighted by Gasteiger charge is -2.08. The summed E-state index contributed by atoms with van der Waals surface area (Å²) in [7, 11) is 0. The molecule has 8 nitrogen and oxygen atoms in total. The van der Waals surface area contributed by atoms with Gasteiger partial charge in [-0.3, -0.25) is 0 Å². The first kappa shape index (κ1) is 15.5. The highest BCUT2D eigenvalue weighted by Crippen LogP contribution is 2.05. The van der Waals surface area contributed by atoms with Crippen molar-refractivity contribution in [2.75, 3.05) is 26.3 Å². The molecule has 110 valence electrons. The zero-order valence-electron chi connectivity index (χ0n) is 11.5. The van der Waals surface area contributed by atoms with Crippen LogP contribution in [0.4, 0.5) is 4.79 Å². The Morgan fingerprint density at radius 2 is 2.00 bits per heavy atom. The van der Waals surface area contributed by atoms with Crippen molar-refractivity contribution in [3.05, 3.63) is 4.91 Å². The molecular formula is C11H22N3O5+. The summed E-state index contributed by atoms with van der Waals surface area (Å²) in [5.74, 6) is 0. The normalized spacial score (nSPS) is 14.6. The van der Waals surface area contributed by atoms with E-state index in [0.717, 1.165) is 25.9 Å². The summed E-state index contributed by atoms with van der Waals surface area (Å²) in [5, 5.41) is 1.62.